The lowest BCUT2D eigenvalue weighted by Gasteiger charge is -2.08. The van der Waals surface area contributed by atoms with Gasteiger partial charge in [0.1, 0.15) is 11.3 Å². The quantitative estimate of drug-likeness (QED) is 0.505. The van der Waals surface area contributed by atoms with Crippen molar-refractivity contribution in [1.29, 1.82) is 0 Å². The highest BCUT2D eigenvalue weighted by atomic mass is 16.5. The smallest absolute Gasteiger partial charge is 0.276 e. The monoisotopic (exact) mass is 416 g/mol. The van der Waals surface area contributed by atoms with Crippen LogP contribution >= 0.6 is 0 Å². The van der Waals surface area contributed by atoms with Crippen molar-refractivity contribution in [3.8, 4) is 5.75 Å². The van der Waals surface area contributed by atoms with Gasteiger partial charge in [-0.3, -0.25) is 14.7 Å². The first-order valence-electron chi connectivity index (χ1n) is 10.0. The van der Waals surface area contributed by atoms with Crippen molar-refractivity contribution < 1.29 is 9.53 Å². The Balaban J connectivity index is 1.59. The lowest BCUT2D eigenvalue weighted by molar-refractivity contribution is 0.0952. The minimum absolute atomic E-state index is 0.199. The predicted molar refractivity (Wildman–Crippen MR) is 119 cm³/mol. The van der Waals surface area contributed by atoms with Crippen LogP contribution in [-0.4, -0.2) is 27.6 Å². The van der Waals surface area contributed by atoms with Crippen LogP contribution in [0.1, 0.15) is 38.3 Å². The van der Waals surface area contributed by atoms with E-state index in [1.165, 1.54) is 16.3 Å². The number of amides is 1. The Morgan fingerprint density at radius 3 is 2.65 bits per heavy atom. The molecule has 4 rings (SSSR count). The Kier molecular flexibility index (Phi) is 5.58. The minimum Gasteiger partial charge on any atom is -0.497 e. The summed E-state index contributed by atoms with van der Waals surface area (Å²) in [7, 11) is 1.60. The van der Waals surface area contributed by atoms with Gasteiger partial charge in [-0.15, -0.1) is 0 Å². The van der Waals surface area contributed by atoms with Crippen molar-refractivity contribution in [3.63, 3.8) is 0 Å². The van der Waals surface area contributed by atoms with Gasteiger partial charge in [0.25, 0.3) is 11.5 Å². The average Bonchev–Trinajstić information content (AvgIpc) is 3.20. The minimum atomic E-state index is -0.306. The third-order valence-corrected chi connectivity index (χ3v) is 5.30. The second-order valence-electron chi connectivity index (χ2n) is 7.52. The number of carbonyl (C=O) groups is 1. The van der Waals surface area contributed by atoms with E-state index in [2.05, 4.69) is 15.4 Å². The van der Waals surface area contributed by atoms with Crippen molar-refractivity contribution in [2.24, 2.45) is 0 Å². The highest BCUT2D eigenvalue weighted by Crippen LogP contribution is 2.15. The summed E-state index contributed by atoms with van der Waals surface area (Å²) in [4.78, 5) is 30.4. The number of aromatic amines is 1. The Morgan fingerprint density at radius 2 is 1.90 bits per heavy atom. The van der Waals surface area contributed by atoms with Crippen LogP contribution in [0.4, 0.5) is 0 Å². The molecule has 7 nitrogen and oxygen atoms in total. The zero-order chi connectivity index (χ0) is 22.0. The van der Waals surface area contributed by atoms with Gasteiger partial charge in [-0.2, -0.15) is 0 Å². The lowest BCUT2D eigenvalue weighted by atomic mass is 10.0. The number of nitrogens with one attached hydrogen (secondary N) is 2. The molecule has 2 aromatic heterocycles. The third-order valence-electron chi connectivity index (χ3n) is 5.30. The Morgan fingerprint density at radius 1 is 1.13 bits per heavy atom. The molecule has 31 heavy (non-hydrogen) atoms. The number of hydrogen-bond donors (Lipinski definition) is 2. The number of rotatable bonds is 6. The van der Waals surface area contributed by atoms with E-state index in [1.54, 1.807) is 14.0 Å². The maximum absolute atomic E-state index is 13.1. The molecule has 0 spiro atoms. The molecule has 7 heteroatoms. The van der Waals surface area contributed by atoms with Gasteiger partial charge in [-0.1, -0.05) is 42.0 Å². The molecular formula is C24H24N4O3. The van der Waals surface area contributed by atoms with Gasteiger partial charge in [0.2, 0.25) is 0 Å². The number of hydrogen-bond acceptors (Lipinski definition) is 4. The van der Waals surface area contributed by atoms with Gasteiger partial charge >= 0.3 is 0 Å². The predicted octanol–water partition coefficient (Wildman–Crippen LogP) is 3.17. The van der Waals surface area contributed by atoms with E-state index in [0.717, 1.165) is 16.9 Å². The zero-order valence-electron chi connectivity index (χ0n) is 17.7. The van der Waals surface area contributed by atoms with E-state index in [0.29, 0.717) is 35.4 Å². The maximum Gasteiger partial charge on any atom is 0.276 e. The zero-order valence-corrected chi connectivity index (χ0v) is 17.7. The molecule has 158 valence electrons. The first-order chi connectivity index (χ1) is 15.0. The first-order valence-corrected chi connectivity index (χ1v) is 10.0. The summed E-state index contributed by atoms with van der Waals surface area (Å²) in [6, 6.07) is 15.5. The van der Waals surface area contributed by atoms with E-state index in [4.69, 9.17) is 4.74 Å². The van der Waals surface area contributed by atoms with Crippen LogP contribution in [0.5, 0.6) is 5.75 Å². The molecule has 1 amide bonds. The van der Waals surface area contributed by atoms with Gasteiger partial charge in [-0.05, 0) is 37.1 Å². The number of H-pyrrole nitrogens is 1. The number of aryl methyl sites for hydroxylation is 2. The molecule has 0 fully saturated rings. The maximum atomic E-state index is 13.1. The molecule has 2 heterocycles. The fraction of sp³-hybridized carbons (Fsp3) is 0.208. The molecule has 2 aromatic carbocycles. The molecular weight excluding hydrogens is 392 g/mol. The highest BCUT2D eigenvalue weighted by molar-refractivity contribution is 5.99. The van der Waals surface area contributed by atoms with Gasteiger partial charge in [0.05, 0.1) is 7.11 Å². The molecule has 0 aliphatic heterocycles. The number of benzene rings is 2. The van der Waals surface area contributed by atoms with Crippen molar-refractivity contribution in [3.05, 3.63) is 98.6 Å². The molecule has 4 aromatic rings. The molecule has 0 saturated heterocycles. The van der Waals surface area contributed by atoms with Crippen LogP contribution in [0.25, 0.3) is 5.65 Å². The molecule has 2 N–H and O–H groups in total. The third kappa shape index (κ3) is 4.21. The summed E-state index contributed by atoms with van der Waals surface area (Å²) < 4.78 is 6.54. The molecule has 0 aliphatic rings. The second kappa shape index (κ2) is 8.47. The largest absolute Gasteiger partial charge is 0.497 e. The summed E-state index contributed by atoms with van der Waals surface area (Å²) in [5.74, 6) is 0.419. The number of carbonyl (C=O) groups excluding carboxylic acids is 1. The molecule has 0 saturated carbocycles. The van der Waals surface area contributed by atoms with Crippen molar-refractivity contribution in [1.82, 2.24) is 19.9 Å². The van der Waals surface area contributed by atoms with Crippen LogP contribution in [0.15, 0.2) is 59.5 Å². The standard InChI is InChI=1S/C24H24N4O3/c1-15-7-9-17(10-8-15)12-20-16(2)27-22-21(14-26-28(22)24(20)30)23(29)25-13-18-5-4-6-19(11-18)31-3/h4-11,14,26H,12-13H2,1-3H3,(H,25,29). The van der Waals surface area contributed by atoms with Crippen LogP contribution < -0.4 is 15.6 Å². The average molecular weight is 416 g/mol. The normalized spacial score (nSPS) is 10.9. The van der Waals surface area contributed by atoms with E-state index in [-0.39, 0.29) is 11.5 Å². The number of fused-ring (bicyclic) bond motifs is 1. The number of ether oxygens (including phenoxy) is 1. The summed E-state index contributed by atoms with van der Waals surface area (Å²) in [6.45, 7) is 4.16. The van der Waals surface area contributed by atoms with E-state index < -0.39 is 0 Å². The van der Waals surface area contributed by atoms with Gasteiger partial charge in [0.15, 0.2) is 5.65 Å². The van der Waals surface area contributed by atoms with Crippen LogP contribution in [-0.2, 0) is 13.0 Å². The fourth-order valence-electron chi connectivity index (χ4n) is 3.50. The lowest BCUT2D eigenvalue weighted by Crippen LogP contribution is -2.25. The second-order valence-corrected chi connectivity index (χ2v) is 7.52. The van der Waals surface area contributed by atoms with Crippen molar-refractivity contribution >= 4 is 11.6 Å². The van der Waals surface area contributed by atoms with Crippen molar-refractivity contribution in [2.45, 2.75) is 26.8 Å². The Hall–Kier alpha value is -3.87. The van der Waals surface area contributed by atoms with E-state index in [9.17, 15) is 9.59 Å². The van der Waals surface area contributed by atoms with Gasteiger partial charge < -0.3 is 10.1 Å². The van der Waals surface area contributed by atoms with Crippen LogP contribution in [0, 0.1) is 13.8 Å². The first kappa shape index (κ1) is 20.4. The number of methoxy groups -OCH3 is 1. The molecule has 0 unspecified atom stereocenters. The fourth-order valence-corrected chi connectivity index (χ4v) is 3.50. The summed E-state index contributed by atoms with van der Waals surface area (Å²) in [6.07, 6.45) is 2.00. The molecule has 0 radical (unpaired) electrons. The van der Waals surface area contributed by atoms with Crippen LogP contribution in [0.3, 0.4) is 0 Å². The SMILES string of the molecule is COc1cccc(CNC(=O)c2c[nH]n3c(=O)c(Cc4ccc(C)cc4)c(C)nc23)c1. The number of aromatic nitrogens is 3. The topological polar surface area (TPSA) is 88.5 Å². The van der Waals surface area contributed by atoms with Crippen molar-refractivity contribution in [2.75, 3.05) is 7.11 Å². The number of nitrogens with zero attached hydrogens (tertiary/aromatic N) is 2. The Labute approximate surface area is 179 Å². The Bertz CT molecular complexity index is 1300. The molecule has 0 bridgehead atoms. The highest BCUT2D eigenvalue weighted by Gasteiger charge is 2.18. The van der Waals surface area contributed by atoms with Crippen LogP contribution in [0.2, 0.25) is 0 Å². The van der Waals surface area contributed by atoms with E-state index >= 15 is 0 Å². The van der Waals surface area contributed by atoms with E-state index in [1.807, 2.05) is 55.5 Å². The van der Waals surface area contributed by atoms with Gasteiger partial charge in [-0.25, -0.2) is 9.50 Å². The summed E-state index contributed by atoms with van der Waals surface area (Å²) in [5.41, 5.74) is 4.78. The van der Waals surface area contributed by atoms with Gasteiger partial charge in [0, 0.05) is 30.4 Å². The molecule has 0 aliphatic carbocycles. The summed E-state index contributed by atoms with van der Waals surface area (Å²) in [5, 5.41) is 5.75. The molecule has 0 atom stereocenters. The summed E-state index contributed by atoms with van der Waals surface area (Å²) >= 11 is 0.